The first-order chi connectivity index (χ1) is 5.74. The van der Waals surface area contributed by atoms with Gasteiger partial charge in [-0.05, 0) is 25.2 Å². The molecule has 0 saturated carbocycles. The third-order valence-corrected chi connectivity index (χ3v) is 2.84. The number of ether oxygens (including phenoxy) is 1. The lowest BCUT2D eigenvalue weighted by Gasteiger charge is -2.11. The van der Waals surface area contributed by atoms with E-state index in [1.807, 2.05) is 0 Å². The molecule has 0 fully saturated rings. The van der Waals surface area contributed by atoms with E-state index in [1.54, 1.807) is 7.11 Å². The predicted octanol–water partition coefficient (Wildman–Crippen LogP) is 2.99. The first kappa shape index (κ1) is 10.1. The summed E-state index contributed by atoms with van der Waals surface area (Å²) in [7, 11) is 1.75. The zero-order valence-electron chi connectivity index (χ0n) is 7.85. The van der Waals surface area contributed by atoms with Crippen molar-refractivity contribution >= 4 is 11.6 Å². The first-order valence-corrected chi connectivity index (χ1v) is 5.01. The highest BCUT2D eigenvalue weighted by Gasteiger charge is 2.17. The molecule has 0 aromatic heterocycles. The summed E-state index contributed by atoms with van der Waals surface area (Å²) >= 11 is 5.98. The van der Waals surface area contributed by atoms with E-state index in [9.17, 15) is 0 Å². The Balaban J connectivity index is 2.32. The van der Waals surface area contributed by atoms with Crippen molar-refractivity contribution in [2.75, 3.05) is 13.7 Å². The highest BCUT2D eigenvalue weighted by atomic mass is 35.5. The van der Waals surface area contributed by atoms with Crippen molar-refractivity contribution < 1.29 is 4.74 Å². The minimum atomic E-state index is 0.282. The molecule has 0 spiro atoms. The van der Waals surface area contributed by atoms with Crippen LogP contribution in [0.15, 0.2) is 11.6 Å². The lowest BCUT2D eigenvalue weighted by Crippen LogP contribution is -2.01. The fourth-order valence-electron chi connectivity index (χ4n) is 1.59. The Kier molecular flexibility index (Phi) is 4.10. The summed E-state index contributed by atoms with van der Waals surface area (Å²) in [5.74, 6) is 0.647. The van der Waals surface area contributed by atoms with Gasteiger partial charge >= 0.3 is 0 Å². The van der Waals surface area contributed by atoms with Crippen LogP contribution in [0, 0.1) is 5.92 Å². The normalized spacial score (nSPS) is 25.6. The van der Waals surface area contributed by atoms with Crippen molar-refractivity contribution in [2.45, 2.75) is 31.6 Å². The second kappa shape index (κ2) is 4.88. The van der Waals surface area contributed by atoms with Crippen LogP contribution in [0.2, 0.25) is 0 Å². The Morgan fingerprint density at radius 3 is 3.00 bits per heavy atom. The molecule has 0 bridgehead atoms. The van der Waals surface area contributed by atoms with Gasteiger partial charge < -0.3 is 4.74 Å². The quantitative estimate of drug-likeness (QED) is 0.487. The summed E-state index contributed by atoms with van der Waals surface area (Å²) in [5.41, 5.74) is 1.52. The van der Waals surface area contributed by atoms with Gasteiger partial charge in [0.05, 0.1) is 5.38 Å². The van der Waals surface area contributed by atoms with Gasteiger partial charge in [-0.3, -0.25) is 0 Å². The minimum absolute atomic E-state index is 0.282. The zero-order valence-corrected chi connectivity index (χ0v) is 8.60. The molecule has 1 aliphatic carbocycles. The summed E-state index contributed by atoms with van der Waals surface area (Å²) in [6.45, 7) is 3.10. The topological polar surface area (TPSA) is 9.23 Å². The fraction of sp³-hybridized carbons (Fsp3) is 0.800. The van der Waals surface area contributed by atoms with Gasteiger partial charge in [-0.25, -0.2) is 0 Å². The number of alkyl halides is 1. The standard InChI is InChI=1S/C10H17ClO/c1-8(5-6-12-2)9-3-4-10(11)7-9/h7-8,10H,3-6H2,1-2H3. The Labute approximate surface area is 79.7 Å². The zero-order chi connectivity index (χ0) is 8.97. The summed E-state index contributed by atoms with van der Waals surface area (Å²) in [5, 5.41) is 0.282. The molecule has 0 amide bonds. The van der Waals surface area contributed by atoms with Crippen molar-refractivity contribution in [3.05, 3.63) is 11.6 Å². The van der Waals surface area contributed by atoms with Crippen molar-refractivity contribution in [3.63, 3.8) is 0 Å². The van der Waals surface area contributed by atoms with Gasteiger partial charge in [-0.2, -0.15) is 0 Å². The van der Waals surface area contributed by atoms with Gasteiger partial charge in [-0.15, -0.1) is 11.6 Å². The molecule has 70 valence electrons. The van der Waals surface area contributed by atoms with Crippen LogP contribution >= 0.6 is 11.6 Å². The highest BCUT2D eigenvalue weighted by Crippen LogP contribution is 2.29. The Bertz CT molecular complexity index is 165. The van der Waals surface area contributed by atoms with Gasteiger partial charge in [0, 0.05) is 13.7 Å². The van der Waals surface area contributed by atoms with Crippen LogP contribution in [0.3, 0.4) is 0 Å². The molecule has 1 rings (SSSR count). The van der Waals surface area contributed by atoms with Crippen LogP contribution in [-0.2, 0) is 4.74 Å². The Morgan fingerprint density at radius 1 is 1.75 bits per heavy atom. The molecule has 0 aromatic rings. The van der Waals surface area contributed by atoms with Crippen molar-refractivity contribution in [3.8, 4) is 0 Å². The average Bonchev–Trinajstić information content (AvgIpc) is 2.47. The second-order valence-corrected chi connectivity index (χ2v) is 4.04. The maximum absolute atomic E-state index is 5.98. The largest absolute Gasteiger partial charge is 0.385 e. The van der Waals surface area contributed by atoms with Crippen LogP contribution in [0.5, 0.6) is 0 Å². The van der Waals surface area contributed by atoms with Crippen LogP contribution in [0.4, 0.5) is 0 Å². The maximum Gasteiger partial charge on any atom is 0.0521 e. The monoisotopic (exact) mass is 188 g/mol. The van der Waals surface area contributed by atoms with Crippen LogP contribution < -0.4 is 0 Å². The minimum Gasteiger partial charge on any atom is -0.385 e. The molecule has 0 heterocycles. The maximum atomic E-state index is 5.98. The third-order valence-electron chi connectivity index (χ3n) is 2.49. The summed E-state index contributed by atoms with van der Waals surface area (Å²) < 4.78 is 5.04. The van der Waals surface area contributed by atoms with Gasteiger partial charge in [0.15, 0.2) is 0 Å². The molecule has 1 nitrogen and oxygen atoms in total. The number of hydrogen-bond acceptors (Lipinski definition) is 1. The SMILES string of the molecule is COCCC(C)C1=CC(Cl)CC1. The van der Waals surface area contributed by atoms with E-state index >= 15 is 0 Å². The predicted molar refractivity (Wildman–Crippen MR) is 52.6 cm³/mol. The molecule has 0 N–H and O–H groups in total. The number of hydrogen-bond donors (Lipinski definition) is 0. The van der Waals surface area contributed by atoms with Gasteiger partial charge in [-0.1, -0.05) is 18.6 Å². The molecule has 0 aliphatic heterocycles. The second-order valence-electron chi connectivity index (χ2n) is 3.48. The van der Waals surface area contributed by atoms with E-state index in [4.69, 9.17) is 16.3 Å². The average molecular weight is 189 g/mol. The lowest BCUT2D eigenvalue weighted by molar-refractivity contribution is 0.184. The Morgan fingerprint density at radius 2 is 2.50 bits per heavy atom. The molecule has 0 aromatic carbocycles. The van der Waals surface area contributed by atoms with E-state index in [2.05, 4.69) is 13.0 Å². The van der Waals surface area contributed by atoms with E-state index in [0.29, 0.717) is 5.92 Å². The molecule has 2 heteroatoms. The smallest absolute Gasteiger partial charge is 0.0521 e. The number of halogens is 1. The third kappa shape index (κ3) is 2.80. The summed E-state index contributed by atoms with van der Waals surface area (Å²) in [6, 6.07) is 0. The van der Waals surface area contributed by atoms with Gasteiger partial charge in [0.25, 0.3) is 0 Å². The van der Waals surface area contributed by atoms with Gasteiger partial charge in [0.1, 0.15) is 0 Å². The number of rotatable bonds is 4. The Hall–Kier alpha value is -0.0100. The molecular weight excluding hydrogens is 172 g/mol. The first-order valence-electron chi connectivity index (χ1n) is 4.57. The van der Waals surface area contributed by atoms with Crippen LogP contribution in [0.1, 0.15) is 26.2 Å². The molecular formula is C10H17ClO. The van der Waals surface area contributed by atoms with Crippen LogP contribution in [-0.4, -0.2) is 19.1 Å². The molecule has 2 unspecified atom stereocenters. The molecule has 12 heavy (non-hydrogen) atoms. The van der Waals surface area contributed by atoms with Gasteiger partial charge in [0.2, 0.25) is 0 Å². The number of allylic oxidation sites excluding steroid dienone is 2. The molecule has 0 saturated heterocycles. The number of methoxy groups -OCH3 is 1. The van der Waals surface area contributed by atoms with E-state index in [1.165, 1.54) is 12.0 Å². The molecule has 1 aliphatic rings. The van der Waals surface area contributed by atoms with Crippen molar-refractivity contribution in [1.29, 1.82) is 0 Å². The van der Waals surface area contributed by atoms with Crippen molar-refractivity contribution in [1.82, 2.24) is 0 Å². The summed E-state index contributed by atoms with van der Waals surface area (Å²) in [4.78, 5) is 0. The van der Waals surface area contributed by atoms with Crippen molar-refractivity contribution in [2.24, 2.45) is 5.92 Å². The molecule has 2 atom stereocenters. The van der Waals surface area contributed by atoms with E-state index in [0.717, 1.165) is 19.4 Å². The molecule has 0 radical (unpaired) electrons. The van der Waals surface area contributed by atoms with E-state index in [-0.39, 0.29) is 5.38 Å². The fourth-order valence-corrected chi connectivity index (χ4v) is 1.87. The van der Waals surface area contributed by atoms with E-state index < -0.39 is 0 Å². The lowest BCUT2D eigenvalue weighted by atomic mass is 9.98. The van der Waals surface area contributed by atoms with Crippen LogP contribution in [0.25, 0.3) is 0 Å². The summed E-state index contributed by atoms with van der Waals surface area (Å²) in [6.07, 6.45) is 5.63. The highest BCUT2D eigenvalue weighted by molar-refractivity contribution is 6.22.